The average Bonchev–Trinajstić information content (AvgIpc) is 2.33. The Labute approximate surface area is 94.6 Å². The van der Waals surface area contributed by atoms with Crippen molar-refractivity contribution in [2.75, 3.05) is 39.8 Å². The minimum absolute atomic E-state index is 0.548. The molecule has 1 aliphatic rings. The van der Waals surface area contributed by atoms with Crippen LogP contribution in [-0.2, 0) is 0 Å². The summed E-state index contributed by atoms with van der Waals surface area (Å²) in [5.41, 5.74) is 5.83. The van der Waals surface area contributed by atoms with E-state index in [2.05, 4.69) is 30.7 Å². The Bertz CT molecular complexity index is 172. The van der Waals surface area contributed by atoms with Crippen LogP contribution < -0.4 is 5.73 Å². The molecule has 0 radical (unpaired) electrons. The molecule has 2 N–H and O–H groups in total. The van der Waals surface area contributed by atoms with Crippen LogP contribution in [0.25, 0.3) is 0 Å². The van der Waals surface area contributed by atoms with E-state index in [0.717, 1.165) is 19.0 Å². The summed E-state index contributed by atoms with van der Waals surface area (Å²) in [4.78, 5) is 5.02. The van der Waals surface area contributed by atoms with Crippen LogP contribution in [0.3, 0.4) is 0 Å². The minimum atomic E-state index is 0.548. The van der Waals surface area contributed by atoms with Crippen molar-refractivity contribution in [3.05, 3.63) is 0 Å². The van der Waals surface area contributed by atoms with Gasteiger partial charge >= 0.3 is 0 Å². The fourth-order valence-electron chi connectivity index (χ4n) is 2.47. The Kier molecular flexibility index (Phi) is 5.58. The molecular formula is C12H27N3. The van der Waals surface area contributed by atoms with Crippen molar-refractivity contribution in [3.63, 3.8) is 0 Å². The smallest absolute Gasteiger partial charge is 0.0342 e. The summed E-state index contributed by atoms with van der Waals surface area (Å²) >= 11 is 0. The lowest BCUT2D eigenvalue weighted by atomic mass is 10.1. The Morgan fingerprint density at radius 3 is 2.60 bits per heavy atom. The van der Waals surface area contributed by atoms with Crippen LogP contribution in [0.5, 0.6) is 0 Å². The first kappa shape index (κ1) is 12.9. The van der Waals surface area contributed by atoms with Crippen molar-refractivity contribution < 1.29 is 0 Å². The molecule has 2 atom stereocenters. The lowest BCUT2D eigenvalue weighted by molar-refractivity contribution is 0.210. The van der Waals surface area contributed by atoms with Crippen molar-refractivity contribution in [2.24, 2.45) is 11.7 Å². The highest BCUT2D eigenvalue weighted by Crippen LogP contribution is 2.12. The van der Waals surface area contributed by atoms with E-state index in [1.165, 1.54) is 32.5 Å². The third kappa shape index (κ3) is 4.09. The molecule has 1 saturated heterocycles. The van der Waals surface area contributed by atoms with Crippen molar-refractivity contribution >= 4 is 0 Å². The lowest BCUT2D eigenvalue weighted by Crippen LogP contribution is -2.44. The first-order valence-electron chi connectivity index (χ1n) is 6.30. The Balaban J connectivity index is 2.49. The first-order chi connectivity index (χ1) is 7.17. The highest BCUT2D eigenvalue weighted by molar-refractivity contribution is 4.81. The molecule has 0 spiro atoms. The monoisotopic (exact) mass is 213 g/mol. The van der Waals surface area contributed by atoms with Gasteiger partial charge in [-0.15, -0.1) is 0 Å². The number of nitrogens with zero attached hydrogens (tertiary/aromatic N) is 2. The van der Waals surface area contributed by atoms with Gasteiger partial charge in [0, 0.05) is 32.2 Å². The molecule has 1 aliphatic heterocycles. The average molecular weight is 213 g/mol. The first-order valence-corrected chi connectivity index (χ1v) is 6.30. The zero-order chi connectivity index (χ0) is 11.3. The molecular weight excluding hydrogens is 186 g/mol. The van der Waals surface area contributed by atoms with Crippen molar-refractivity contribution in [2.45, 2.75) is 32.7 Å². The molecule has 3 nitrogen and oxygen atoms in total. The minimum Gasteiger partial charge on any atom is -0.329 e. The van der Waals surface area contributed by atoms with Crippen molar-refractivity contribution in [1.29, 1.82) is 0 Å². The van der Waals surface area contributed by atoms with Crippen LogP contribution in [0.1, 0.15) is 26.7 Å². The van der Waals surface area contributed by atoms with E-state index in [0.29, 0.717) is 6.04 Å². The highest BCUT2D eigenvalue weighted by atomic mass is 15.2. The van der Waals surface area contributed by atoms with Gasteiger partial charge in [-0.2, -0.15) is 0 Å². The van der Waals surface area contributed by atoms with E-state index in [4.69, 9.17) is 5.73 Å². The van der Waals surface area contributed by atoms with E-state index in [-0.39, 0.29) is 0 Å². The molecule has 1 rings (SSSR count). The second-order valence-electron chi connectivity index (χ2n) is 5.05. The second kappa shape index (κ2) is 6.46. The van der Waals surface area contributed by atoms with Crippen molar-refractivity contribution in [1.82, 2.24) is 9.80 Å². The predicted molar refractivity (Wildman–Crippen MR) is 66.0 cm³/mol. The third-order valence-electron chi connectivity index (χ3n) is 3.36. The zero-order valence-corrected chi connectivity index (χ0v) is 10.6. The summed E-state index contributed by atoms with van der Waals surface area (Å²) in [6.45, 7) is 10.2. The molecule has 0 aromatic heterocycles. The summed E-state index contributed by atoms with van der Waals surface area (Å²) in [6.07, 6.45) is 2.60. The van der Waals surface area contributed by atoms with Crippen LogP contribution in [0, 0.1) is 5.92 Å². The molecule has 3 heteroatoms. The van der Waals surface area contributed by atoms with E-state index in [1.54, 1.807) is 0 Å². The van der Waals surface area contributed by atoms with Gasteiger partial charge in [-0.25, -0.2) is 0 Å². The molecule has 1 fully saturated rings. The molecule has 1 heterocycles. The third-order valence-corrected chi connectivity index (χ3v) is 3.36. The molecule has 0 aromatic carbocycles. The van der Waals surface area contributed by atoms with Gasteiger partial charge in [0.1, 0.15) is 0 Å². The number of nitrogens with two attached hydrogens (primary N) is 1. The van der Waals surface area contributed by atoms with E-state index in [1.807, 2.05) is 0 Å². The number of hydrogen-bond acceptors (Lipinski definition) is 3. The Morgan fingerprint density at radius 1 is 1.27 bits per heavy atom. The van der Waals surface area contributed by atoms with Gasteiger partial charge in [0.2, 0.25) is 0 Å². The predicted octanol–water partition coefficient (Wildman–Crippen LogP) is 0.997. The highest BCUT2D eigenvalue weighted by Gasteiger charge is 2.24. The standard InChI is InChI=1S/C12H27N3/c1-4-5-6-15-9-11(2)8-14(3)12(7-13)10-15/h11-12H,4-10,13H2,1-3H3. The van der Waals surface area contributed by atoms with Gasteiger partial charge < -0.3 is 15.5 Å². The van der Waals surface area contributed by atoms with Gasteiger partial charge in [0.25, 0.3) is 0 Å². The summed E-state index contributed by atoms with van der Waals surface area (Å²) in [6, 6.07) is 0.548. The maximum atomic E-state index is 5.83. The van der Waals surface area contributed by atoms with Crippen LogP contribution in [0.2, 0.25) is 0 Å². The molecule has 90 valence electrons. The largest absolute Gasteiger partial charge is 0.329 e. The van der Waals surface area contributed by atoms with Gasteiger partial charge in [-0.3, -0.25) is 0 Å². The van der Waals surface area contributed by atoms with Gasteiger partial charge in [-0.05, 0) is 25.9 Å². The van der Waals surface area contributed by atoms with Crippen LogP contribution in [-0.4, -0.2) is 55.6 Å². The van der Waals surface area contributed by atoms with Crippen LogP contribution in [0.4, 0.5) is 0 Å². The van der Waals surface area contributed by atoms with Crippen molar-refractivity contribution in [3.8, 4) is 0 Å². The molecule has 15 heavy (non-hydrogen) atoms. The number of hydrogen-bond donors (Lipinski definition) is 1. The topological polar surface area (TPSA) is 32.5 Å². The quantitative estimate of drug-likeness (QED) is 0.756. The maximum Gasteiger partial charge on any atom is 0.0342 e. The van der Waals surface area contributed by atoms with E-state index in [9.17, 15) is 0 Å². The summed E-state index contributed by atoms with van der Waals surface area (Å²) in [5, 5.41) is 0. The molecule has 0 bridgehead atoms. The Morgan fingerprint density at radius 2 is 2.00 bits per heavy atom. The fourth-order valence-corrected chi connectivity index (χ4v) is 2.47. The van der Waals surface area contributed by atoms with Crippen LogP contribution in [0.15, 0.2) is 0 Å². The lowest BCUT2D eigenvalue weighted by Gasteiger charge is -2.27. The summed E-state index contributed by atoms with van der Waals surface area (Å²) in [5.74, 6) is 0.767. The van der Waals surface area contributed by atoms with Gasteiger partial charge in [-0.1, -0.05) is 20.3 Å². The normalized spacial score (nSPS) is 30.4. The zero-order valence-electron chi connectivity index (χ0n) is 10.6. The number of likely N-dealkylation sites (N-methyl/N-ethyl adjacent to an activating group) is 1. The molecule has 0 aliphatic carbocycles. The summed E-state index contributed by atoms with van der Waals surface area (Å²) < 4.78 is 0. The van der Waals surface area contributed by atoms with E-state index >= 15 is 0 Å². The molecule has 0 amide bonds. The number of rotatable bonds is 4. The van der Waals surface area contributed by atoms with Gasteiger partial charge in [0.05, 0.1) is 0 Å². The molecule has 2 unspecified atom stereocenters. The molecule has 0 aromatic rings. The number of unbranched alkanes of at least 4 members (excludes halogenated alkanes) is 1. The molecule has 0 saturated carbocycles. The van der Waals surface area contributed by atoms with E-state index < -0.39 is 0 Å². The Hall–Kier alpha value is -0.120. The SMILES string of the molecule is CCCCN1CC(C)CN(C)C(CN)C1. The van der Waals surface area contributed by atoms with Crippen LogP contribution >= 0.6 is 0 Å². The van der Waals surface area contributed by atoms with Gasteiger partial charge in [0.15, 0.2) is 0 Å². The maximum absolute atomic E-state index is 5.83. The summed E-state index contributed by atoms with van der Waals surface area (Å²) in [7, 11) is 2.21. The fraction of sp³-hybridized carbons (Fsp3) is 1.00. The second-order valence-corrected chi connectivity index (χ2v) is 5.05.